The average Bonchev–Trinajstić information content (AvgIpc) is 2.18. The fraction of sp³-hybridized carbons (Fsp3) is 0.300. The summed E-state index contributed by atoms with van der Waals surface area (Å²) in [6, 6.07) is 6.26. The van der Waals surface area contributed by atoms with Crippen LogP contribution in [0.2, 0.25) is 0 Å². The van der Waals surface area contributed by atoms with Crippen molar-refractivity contribution >= 4 is 16.8 Å². The average molecular weight is 235 g/mol. The van der Waals surface area contributed by atoms with Crippen molar-refractivity contribution < 1.29 is 18.3 Å². The molecular formula is C10H9ClF2O2. The van der Waals surface area contributed by atoms with Crippen LogP contribution >= 0.6 is 11.6 Å². The molecular weight excluding hydrogens is 226 g/mol. The molecule has 0 fully saturated rings. The molecule has 1 aromatic carbocycles. The summed E-state index contributed by atoms with van der Waals surface area (Å²) in [5.41, 5.74) is 0.249. The molecule has 0 radical (unpaired) electrons. The number of benzene rings is 1. The molecule has 0 unspecified atom stereocenters. The van der Waals surface area contributed by atoms with Crippen LogP contribution in [0.5, 0.6) is 5.75 Å². The van der Waals surface area contributed by atoms with E-state index in [0.717, 1.165) is 0 Å². The Labute approximate surface area is 90.8 Å². The van der Waals surface area contributed by atoms with Gasteiger partial charge in [-0.05, 0) is 17.7 Å². The number of hydrogen-bond acceptors (Lipinski definition) is 2. The van der Waals surface area contributed by atoms with Crippen molar-refractivity contribution in [3.8, 4) is 5.75 Å². The van der Waals surface area contributed by atoms with Gasteiger partial charge in [0.1, 0.15) is 5.75 Å². The van der Waals surface area contributed by atoms with Crippen LogP contribution in [0, 0.1) is 0 Å². The van der Waals surface area contributed by atoms with Gasteiger partial charge < -0.3 is 4.74 Å². The zero-order valence-electron chi connectivity index (χ0n) is 7.97. The minimum Gasteiger partial charge on any atom is -0.496 e. The Hall–Kier alpha value is -1.16. The second-order valence-corrected chi connectivity index (χ2v) is 3.31. The second kappa shape index (κ2) is 4.57. The third-order valence-electron chi connectivity index (χ3n) is 1.89. The van der Waals surface area contributed by atoms with Crippen molar-refractivity contribution in [2.45, 2.75) is 12.3 Å². The topological polar surface area (TPSA) is 26.3 Å². The molecule has 0 amide bonds. The predicted molar refractivity (Wildman–Crippen MR) is 52.5 cm³/mol. The van der Waals surface area contributed by atoms with E-state index in [1.807, 2.05) is 0 Å². The molecule has 0 atom stereocenters. The van der Waals surface area contributed by atoms with Crippen molar-refractivity contribution in [2.24, 2.45) is 0 Å². The highest BCUT2D eigenvalue weighted by atomic mass is 35.5. The van der Waals surface area contributed by atoms with Gasteiger partial charge in [0.05, 0.1) is 7.11 Å². The Balaban J connectivity index is 2.94. The molecule has 0 N–H and O–H groups in total. The summed E-state index contributed by atoms with van der Waals surface area (Å²) >= 11 is 4.79. The van der Waals surface area contributed by atoms with Crippen molar-refractivity contribution in [1.29, 1.82) is 0 Å². The Morgan fingerprint density at radius 2 is 2.07 bits per heavy atom. The van der Waals surface area contributed by atoms with Gasteiger partial charge in [-0.15, -0.1) is 0 Å². The molecule has 0 spiro atoms. The number of hydrogen-bond donors (Lipinski definition) is 0. The lowest BCUT2D eigenvalue weighted by Crippen LogP contribution is -2.27. The molecule has 0 aromatic heterocycles. The number of rotatable bonds is 4. The molecule has 5 heteroatoms. The van der Waals surface area contributed by atoms with Crippen LogP contribution < -0.4 is 4.74 Å². The third-order valence-corrected chi connectivity index (χ3v) is 2.17. The predicted octanol–water partition coefficient (Wildman–Crippen LogP) is 2.64. The minimum atomic E-state index is -3.56. The van der Waals surface area contributed by atoms with E-state index in [1.165, 1.54) is 13.2 Å². The van der Waals surface area contributed by atoms with E-state index < -0.39 is 17.6 Å². The maximum absolute atomic E-state index is 13.0. The molecule has 0 aliphatic carbocycles. The highest BCUT2D eigenvalue weighted by Crippen LogP contribution is 2.27. The zero-order chi connectivity index (χ0) is 11.5. The molecule has 15 heavy (non-hydrogen) atoms. The molecule has 0 saturated carbocycles. The molecule has 0 bridgehead atoms. The van der Waals surface area contributed by atoms with E-state index in [1.54, 1.807) is 18.2 Å². The first kappa shape index (κ1) is 11.9. The summed E-state index contributed by atoms with van der Waals surface area (Å²) in [6.07, 6.45) is -0.751. The Morgan fingerprint density at radius 1 is 1.47 bits per heavy atom. The lowest BCUT2D eigenvalue weighted by atomic mass is 10.1. The molecule has 2 nitrogen and oxygen atoms in total. The summed E-state index contributed by atoms with van der Waals surface area (Å²) in [5, 5.41) is -1.66. The number of halogens is 3. The quantitative estimate of drug-likeness (QED) is 0.749. The normalized spacial score (nSPS) is 11.2. The smallest absolute Gasteiger partial charge is 0.324 e. The van der Waals surface area contributed by atoms with E-state index >= 15 is 0 Å². The molecule has 1 aromatic rings. The summed E-state index contributed by atoms with van der Waals surface area (Å²) < 4.78 is 30.9. The van der Waals surface area contributed by atoms with E-state index in [4.69, 9.17) is 16.3 Å². The van der Waals surface area contributed by atoms with Gasteiger partial charge in [-0.1, -0.05) is 18.2 Å². The number of para-hydroxylation sites is 1. The van der Waals surface area contributed by atoms with Gasteiger partial charge >= 0.3 is 5.92 Å². The minimum absolute atomic E-state index is 0.249. The molecule has 82 valence electrons. The van der Waals surface area contributed by atoms with E-state index in [2.05, 4.69) is 0 Å². The van der Waals surface area contributed by atoms with Crippen molar-refractivity contribution in [1.82, 2.24) is 0 Å². The fourth-order valence-electron chi connectivity index (χ4n) is 1.16. The maximum atomic E-state index is 13.0. The standard InChI is InChI=1S/C10H9ClF2O2/c1-15-8-5-3-2-4-7(8)6-10(12,13)9(11)14/h2-5H,6H2,1H3. The van der Waals surface area contributed by atoms with E-state index in [0.29, 0.717) is 5.75 Å². The summed E-state index contributed by atoms with van der Waals surface area (Å²) in [5.74, 6) is -3.24. The van der Waals surface area contributed by atoms with Gasteiger partial charge in [0, 0.05) is 12.0 Å². The first-order chi connectivity index (χ1) is 6.97. The van der Waals surface area contributed by atoms with E-state index in [9.17, 15) is 13.6 Å². The van der Waals surface area contributed by atoms with E-state index in [-0.39, 0.29) is 5.56 Å². The van der Waals surface area contributed by atoms with Crippen LogP contribution in [-0.2, 0) is 11.2 Å². The highest BCUT2D eigenvalue weighted by molar-refractivity contribution is 6.65. The Morgan fingerprint density at radius 3 is 2.60 bits per heavy atom. The van der Waals surface area contributed by atoms with Crippen LogP contribution in [0.3, 0.4) is 0 Å². The second-order valence-electron chi connectivity index (χ2n) is 2.97. The number of ether oxygens (including phenoxy) is 1. The van der Waals surface area contributed by atoms with Crippen molar-refractivity contribution in [3.63, 3.8) is 0 Å². The fourth-order valence-corrected chi connectivity index (χ4v) is 1.22. The molecule has 0 aliphatic heterocycles. The van der Waals surface area contributed by atoms with Crippen LogP contribution in [0.25, 0.3) is 0 Å². The monoisotopic (exact) mass is 234 g/mol. The lowest BCUT2D eigenvalue weighted by Gasteiger charge is -2.13. The van der Waals surface area contributed by atoms with Gasteiger partial charge in [0.15, 0.2) is 0 Å². The lowest BCUT2D eigenvalue weighted by molar-refractivity contribution is -0.133. The highest BCUT2D eigenvalue weighted by Gasteiger charge is 2.38. The summed E-state index contributed by atoms with van der Waals surface area (Å²) in [4.78, 5) is 10.4. The first-order valence-electron chi connectivity index (χ1n) is 4.17. The van der Waals surface area contributed by atoms with Gasteiger partial charge in [0.25, 0.3) is 5.24 Å². The van der Waals surface area contributed by atoms with Crippen LogP contribution in [0.15, 0.2) is 24.3 Å². The Kier molecular flexibility index (Phi) is 3.63. The van der Waals surface area contributed by atoms with Crippen molar-refractivity contribution in [3.05, 3.63) is 29.8 Å². The van der Waals surface area contributed by atoms with Crippen LogP contribution in [0.4, 0.5) is 8.78 Å². The Bertz CT molecular complexity index is 366. The molecule has 0 heterocycles. The van der Waals surface area contributed by atoms with Gasteiger partial charge in [-0.25, -0.2) is 0 Å². The van der Waals surface area contributed by atoms with Gasteiger partial charge in [-0.2, -0.15) is 8.78 Å². The number of carbonyl (C=O) groups excluding carboxylic acids is 1. The SMILES string of the molecule is COc1ccccc1CC(F)(F)C(=O)Cl. The third kappa shape index (κ3) is 2.89. The molecule has 0 aliphatic rings. The summed E-state index contributed by atoms with van der Waals surface area (Å²) in [7, 11) is 1.37. The van der Waals surface area contributed by atoms with Crippen LogP contribution in [0.1, 0.15) is 5.56 Å². The van der Waals surface area contributed by atoms with Crippen LogP contribution in [-0.4, -0.2) is 18.3 Å². The zero-order valence-corrected chi connectivity index (χ0v) is 8.72. The maximum Gasteiger partial charge on any atom is 0.324 e. The largest absolute Gasteiger partial charge is 0.496 e. The molecule has 1 rings (SSSR count). The first-order valence-corrected chi connectivity index (χ1v) is 4.55. The summed E-state index contributed by atoms with van der Waals surface area (Å²) in [6.45, 7) is 0. The number of methoxy groups -OCH3 is 1. The van der Waals surface area contributed by atoms with Crippen molar-refractivity contribution in [2.75, 3.05) is 7.11 Å². The van der Waals surface area contributed by atoms with Gasteiger partial charge in [-0.3, -0.25) is 4.79 Å². The molecule has 0 saturated heterocycles. The number of alkyl halides is 2. The van der Waals surface area contributed by atoms with Gasteiger partial charge in [0.2, 0.25) is 0 Å². The number of carbonyl (C=O) groups is 1.